The molecule has 0 aliphatic rings. The molecule has 0 radical (unpaired) electrons. The van der Waals surface area contributed by atoms with E-state index >= 15 is 0 Å². The third-order valence-electron chi connectivity index (χ3n) is 2.67. The van der Waals surface area contributed by atoms with Gasteiger partial charge in [-0.25, -0.2) is 0 Å². The fraction of sp³-hybridized carbons (Fsp3) is 0.0714. The van der Waals surface area contributed by atoms with Gasteiger partial charge in [0.2, 0.25) is 0 Å². The van der Waals surface area contributed by atoms with Gasteiger partial charge in [0.1, 0.15) is 5.75 Å². The maximum Gasteiger partial charge on any atom is 0.255 e. The van der Waals surface area contributed by atoms with Gasteiger partial charge in [0.15, 0.2) is 0 Å². The average molecular weight is 311 g/mol. The molecule has 0 aromatic heterocycles. The average Bonchev–Trinajstić information content (AvgIpc) is 2.43. The van der Waals surface area contributed by atoms with Crippen LogP contribution in [0, 0.1) is 0 Å². The molecule has 0 saturated heterocycles. The van der Waals surface area contributed by atoms with Gasteiger partial charge < -0.3 is 15.8 Å². The number of carbonyl (C=O) groups is 1. The second-order valence-electron chi connectivity index (χ2n) is 4.04. The highest BCUT2D eigenvalue weighted by molar-refractivity contribution is 6.35. The highest BCUT2D eigenvalue weighted by atomic mass is 35.5. The Bertz CT molecular complexity index is 660. The van der Waals surface area contributed by atoms with Gasteiger partial charge in [0.25, 0.3) is 5.91 Å². The molecular formula is C14H12Cl2N2O2. The first-order valence-corrected chi connectivity index (χ1v) is 6.47. The number of nitrogens with two attached hydrogens (primary N) is 1. The molecule has 0 fully saturated rings. The van der Waals surface area contributed by atoms with Gasteiger partial charge in [-0.05, 0) is 36.4 Å². The lowest BCUT2D eigenvalue weighted by molar-refractivity contribution is 0.102. The molecule has 3 N–H and O–H groups in total. The zero-order valence-electron chi connectivity index (χ0n) is 10.6. The molecule has 0 atom stereocenters. The third kappa shape index (κ3) is 3.15. The van der Waals surface area contributed by atoms with Crippen molar-refractivity contribution in [1.29, 1.82) is 0 Å². The molecule has 6 heteroatoms. The normalized spacial score (nSPS) is 10.2. The smallest absolute Gasteiger partial charge is 0.255 e. The van der Waals surface area contributed by atoms with Crippen molar-refractivity contribution in [3.05, 3.63) is 52.0 Å². The number of hydrogen-bond donors (Lipinski definition) is 2. The number of halogens is 2. The van der Waals surface area contributed by atoms with Gasteiger partial charge in [-0.15, -0.1) is 0 Å². The third-order valence-corrected chi connectivity index (χ3v) is 3.24. The van der Waals surface area contributed by atoms with Crippen LogP contribution in [0.1, 0.15) is 10.4 Å². The molecular weight excluding hydrogens is 299 g/mol. The van der Waals surface area contributed by atoms with Crippen LogP contribution in [0.5, 0.6) is 5.75 Å². The second-order valence-corrected chi connectivity index (χ2v) is 4.88. The molecule has 0 saturated carbocycles. The minimum atomic E-state index is -0.326. The van der Waals surface area contributed by atoms with E-state index in [1.54, 1.807) is 36.4 Å². The van der Waals surface area contributed by atoms with Gasteiger partial charge in [-0.3, -0.25) is 4.79 Å². The van der Waals surface area contributed by atoms with Crippen LogP contribution < -0.4 is 15.8 Å². The molecule has 0 aliphatic heterocycles. The summed E-state index contributed by atoms with van der Waals surface area (Å²) in [5, 5.41) is 3.58. The lowest BCUT2D eigenvalue weighted by Crippen LogP contribution is -2.12. The van der Waals surface area contributed by atoms with E-state index in [1.165, 1.54) is 7.11 Å². The number of nitrogen functional groups attached to an aromatic ring is 1. The summed E-state index contributed by atoms with van der Waals surface area (Å²) in [7, 11) is 1.49. The first-order chi connectivity index (χ1) is 9.51. The number of ether oxygens (including phenoxy) is 1. The first kappa shape index (κ1) is 14.5. The molecule has 104 valence electrons. The predicted octanol–water partition coefficient (Wildman–Crippen LogP) is 3.84. The molecule has 0 unspecified atom stereocenters. The summed E-state index contributed by atoms with van der Waals surface area (Å²) in [5.41, 5.74) is 7.02. The van der Waals surface area contributed by atoms with Crippen LogP contribution in [-0.2, 0) is 0 Å². The highest BCUT2D eigenvalue weighted by Crippen LogP contribution is 2.27. The molecule has 20 heavy (non-hydrogen) atoms. The quantitative estimate of drug-likeness (QED) is 0.847. The van der Waals surface area contributed by atoms with Crippen LogP contribution in [0.4, 0.5) is 11.4 Å². The number of benzene rings is 2. The molecule has 0 heterocycles. The summed E-state index contributed by atoms with van der Waals surface area (Å²) in [4.78, 5) is 12.1. The van der Waals surface area contributed by atoms with Crippen molar-refractivity contribution >= 4 is 40.5 Å². The number of nitrogens with one attached hydrogen (secondary N) is 1. The van der Waals surface area contributed by atoms with E-state index in [0.717, 1.165) is 0 Å². The molecule has 4 nitrogen and oxygen atoms in total. The Hall–Kier alpha value is -1.91. The summed E-state index contributed by atoms with van der Waals surface area (Å²) in [5.74, 6) is 0.113. The fourth-order valence-corrected chi connectivity index (χ4v) is 1.98. The van der Waals surface area contributed by atoms with Crippen molar-refractivity contribution in [1.82, 2.24) is 0 Å². The van der Waals surface area contributed by atoms with Crippen LogP contribution in [-0.4, -0.2) is 13.0 Å². The van der Waals surface area contributed by atoms with Crippen molar-refractivity contribution < 1.29 is 9.53 Å². The van der Waals surface area contributed by atoms with E-state index in [1.807, 2.05) is 0 Å². The minimum absolute atomic E-state index is 0.326. The number of rotatable bonds is 3. The van der Waals surface area contributed by atoms with Crippen molar-refractivity contribution in [2.45, 2.75) is 0 Å². The molecule has 2 aromatic carbocycles. The maximum atomic E-state index is 12.1. The minimum Gasteiger partial charge on any atom is -0.495 e. The Morgan fingerprint density at radius 2 is 1.95 bits per heavy atom. The van der Waals surface area contributed by atoms with Gasteiger partial charge >= 0.3 is 0 Å². The van der Waals surface area contributed by atoms with Crippen molar-refractivity contribution in [2.75, 3.05) is 18.2 Å². The summed E-state index contributed by atoms with van der Waals surface area (Å²) >= 11 is 11.9. The van der Waals surface area contributed by atoms with E-state index in [2.05, 4.69) is 5.32 Å². The molecule has 0 aliphatic carbocycles. The highest BCUT2D eigenvalue weighted by Gasteiger charge is 2.11. The van der Waals surface area contributed by atoms with Crippen LogP contribution in [0.2, 0.25) is 10.0 Å². The second kappa shape index (κ2) is 6.03. The largest absolute Gasteiger partial charge is 0.495 e. The molecule has 2 rings (SSSR count). The van der Waals surface area contributed by atoms with Crippen molar-refractivity contribution in [3.8, 4) is 5.75 Å². The van der Waals surface area contributed by atoms with Crippen LogP contribution >= 0.6 is 23.2 Å². The molecule has 0 bridgehead atoms. The van der Waals surface area contributed by atoms with Gasteiger partial charge in [-0.2, -0.15) is 0 Å². The first-order valence-electron chi connectivity index (χ1n) is 5.71. The van der Waals surface area contributed by atoms with E-state index in [9.17, 15) is 4.79 Å². The number of carbonyl (C=O) groups excluding carboxylic acids is 1. The predicted molar refractivity (Wildman–Crippen MR) is 81.8 cm³/mol. The van der Waals surface area contributed by atoms with Crippen molar-refractivity contribution in [3.63, 3.8) is 0 Å². The summed E-state index contributed by atoms with van der Waals surface area (Å²) in [6.45, 7) is 0. The van der Waals surface area contributed by atoms with E-state index < -0.39 is 0 Å². The van der Waals surface area contributed by atoms with Crippen LogP contribution in [0.15, 0.2) is 36.4 Å². The topological polar surface area (TPSA) is 64.3 Å². The maximum absolute atomic E-state index is 12.1. The molecule has 2 aromatic rings. The Balaban J connectivity index is 2.26. The Morgan fingerprint density at radius 3 is 2.65 bits per heavy atom. The Kier molecular flexibility index (Phi) is 4.37. The number of amides is 1. The zero-order valence-corrected chi connectivity index (χ0v) is 12.1. The monoisotopic (exact) mass is 310 g/mol. The Morgan fingerprint density at radius 1 is 1.20 bits per heavy atom. The standard InChI is InChI=1S/C14H12Cl2N2O2/c1-20-13-6-8(2-5-11(13)17)14(19)18-12-7-9(15)3-4-10(12)16/h2-7H,17H2,1H3,(H,18,19). The zero-order chi connectivity index (χ0) is 14.7. The summed E-state index contributed by atoms with van der Waals surface area (Å²) in [6.07, 6.45) is 0. The molecule has 1 amide bonds. The molecule has 0 spiro atoms. The van der Waals surface area contributed by atoms with E-state index in [-0.39, 0.29) is 5.91 Å². The number of methoxy groups -OCH3 is 1. The van der Waals surface area contributed by atoms with Crippen LogP contribution in [0.3, 0.4) is 0 Å². The summed E-state index contributed by atoms with van der Waals surface area (Å²) < 4.78 is 5.08. The fourth-order valence-electron chi connectivity index (χ4n) is 1.64. The van der Waals surface area contributed by atoms with Gasteiger partial charge in [0.05, 0.1) is 23.5 Å². The van der Waals surface area contributed by atoms with Gasteiger partial charge in [0, 0.05) is 10.6 Å². The van der Waals surface area contributed by atoms with Crippen LogP contribution in [0.25, 0.3) is 0 Å². The van der Waals surface area contributed by atoms with Crippen molar-refractivity contribution in [2.24, 2.45) is 0 Å². The lowest BCUT2D eigenvalue weighted by atomic mass is 10.1. The van der Waals surface area contributed by atoms with E-state index in [0.29, 0.717) is 32.7 Å². The lowest BCUT2D eigenvalue weighted by Gasteiger charge is -2.10. The SMILES string of the molecule is COc1cc(C(=O)Nc2cc(Cl)ccc2Cl)ccc1N. The Labute approximate surface area is 126 Å². The summed E-state index contributed by atoms with van der Waals surface area (Å²) in [6, 6.07) is 9.60. The number of anilines is 2. The van der Waals surface area contributed by atoms with Gasteiger partial charge in [-0.1, -0.05) is 23.2 Å². The number of hydrogen-bond acceptors (Lipinski definition) is 3. The van der Waals surface area contributed by atoms with E-state index in [4.69, 9.17) is 33.7 Å².